The van der Waals surface area contributed by atoms with E-state index in [0.717, 1.165) is 0 Å². The third-order valence-corrected chi connectivity index (χ3v) is 2.67. The molecular weight excluding hydrogens is 277 g/mol. The molecule has 0 saturated carbocycles. The quantitative estimate of drug-likeness (QED) is 0.875. The normalized spacial score (nSPS) is 13.8. The van der Waals surface area contributed by atoms with Crippen molar-refractivity contribution < 1.29 is 14.6 Å². The van der Waals surface area contributed by atoms with Gasteiger partial charge in [-0.2, -0.15) is 0 Å². The van der Waals surface area contributed by atoms with Gasteiger partial charge in [0.2, 0.25) is 0 Å². The molecule has 0 aromatic heterocycles. The highest BCUT2D eigenvalue weighted by Gasteiger charge is 2.16. The molecule has 0 bridgehead atoms. The molecule has 1 aromatic carbocycles. The van der Waals surface area contributed by atoms with E-state index in [1.54, 1.807) is 32.0 Å². The molecule has 0 spiro atoms. The van der Waals surface area contributed by atoms with E-state index in [1.807, 2.05) is 0 Å². The van der Waals surface area contributed by atoms with E-state index < -0.39 is 12.2 Å². The number of halogens is 2. The molecule has 0 aliphatic heterocycles. The monoisotopic (exact) mass is 291 g/mol. The molecule has 18 heavy (non-hydrogen) atoms. The van der Waals surface area contributed by atoms with Crippen LogP contribution in [0.5, 0.6) is 5.75 Å². The molecule has 2 N–H and O–H groups in total. The number of hydrogen-bond acceptors (Lipinski definition) is 3. The van der Waals surface area contributed by atoms with Crippen LogP contribution in [0.15, 0.2) is 18.2 Å². The molecule has 0 saturated heterocycles. The van der Waals surface area contributed by atoms with Crippen LogP contribution in [0.25, 0.3) is 0 Å². The van der Waals surface area contributed by atoms with Gasteiger partial charge in [-0.05, 0) is 32.0 Å². The Morgan fingerprint density at radius 1 is 1.44 bits per heavy atom. The van der Waals surface area contributed by atoms with Crippen molar-refractivity contribution in [1.29, 1.82) is 0 Å². The van der Waals surface area contributed by atoms with E-state index in [4.69, 9.17) is 33.0 Å². The van der Waals surface area contributed by atoms with Crippen LogP contribution >= 0.6 is 23.2 Å². The van der Waals surface area contributed by atoms with Crippen LogP contribution < -0.4 is 10.1 Å². The summed E-state index contributed by atoms with van der Waals surface area (Å²) in [7, 11) is 0. The molecule has 1 amide bonds. The molecule has 0 aliphatic rings. The molecule has 2 atom stereocenters. The Labute approximate surface area is 116 Å². The summed E-state index contributed by atoms with van der Waals surface area (Å²) in [6.45, 7) is 3.37. The standard InChI is InChI=1S/C12H15Cl2NO3/c1-7(16)6-15-12(17)8(2)18-11-4-3-9(13)5-10(11)14/h3-5,7-8,16H,6H2,1-2H3,(H,15,17)/t7-,8+/m0/s1. The molecule has 0 aliphatic carbocycles. The van der Waals surface area contributed by atoms with Gasteiger partial charge in [-0.3, -0.25) is 4.79 Å². The lowest BCUT2D eigenvalue weighted by Gasteiger charge is -2.16. The second kappa shape index (κ2) is 6.83. The highest BCUT2D eigenvalue weighted by Crippen LogP contribution is 2.28. The summed E-state index contributed by atoms with van der Waals surface area (Å²) in [5, 5.41) is 12.4. The molecule has 1 aromatic rings. The highest BCUT2D eigenvalue weighted by molar-refractivity contribution is 6.35. The van der Waals surface area contributed by atoms with Crippen LogP contribution in [0.2, 0.25) is 10.0 Å². The first-order valence-electron chi connectivity index (χ1n) is 5.47. The number of amides is 1. The van der Waals surface area contributed by atoms with Gasteiger partial charge in [-0.25, -0.2) is 0 Å². The average molecular weight is 292 g/mol. The van der Waals surface area contributed by atoms with Gasteiger partial charge >= 0.3 is 0 Å². The van der Waals surface area contributed by atoms with Crippen molar-refractivity contribution in [2.75, 3.05) is 6.54 Å². The van der Waals surface area contributed by atoms with Gasteiger partial charge in [0.05, 0.1) is 11.1 Å². The van der Waals surface area contributed by atoms with Gasteiger partial charge in [-0.1, -0.05) is 23.2 Å². The van der Waals surface area contributed by atoms with Gasteiger partial charge in [0.25, 0.3) is 5.91 Å². The molecule has 0 fully saturated rings. The number of hydrogen-bond donors (Lipinski definition) is 2. The highest BCUT2D eigenvalue weighted by atomic mass is 35.5. The van der Waals surface area contributed by atoms with Gasteiger partial charge in [0.1, 0.15) is 5.75 Å². The van der Waals surface area contributed by atoms with Crippen LogP contribution in [0.3, 0.4) is 0 Å². The third-order valence-electron chi connectivity index (χ3n) is 2.14. The fourth-order valence-electron chi connectivity index (χ4n) is 1.21. The van der Waals surface area contributed by atoms with Gasteiger partial charge in [0, 0.05) is 11.6 Å². The Morgan fingerprint density at radius 3 is 2.67 bits per heavy atom. The second-order valence-corrected chi connectivity index (χ2v) is 4.77. The molecule has 0 radical (unpaired) electrons. The van der Waals surface area contributed by atoms with Crippen molar-refractivity contribution in [1.82, 2.24) is 5.32 Å². The lowest BCUT2D eigenvalue weighted by molar-refractivity contribution is -0.127. The van der Waals surface area contributed by atoms with Crippen LogP contribution in [-0.4, -0.2) is 29.8 Å². The summed E-state index contributed by atoms with van der Waals surface area (Å²) < 4.78 is 5.41. The Balaban J connectivity index is 2.58. The SMILES string of the molecule is C[C@H](O)CNC(=O)[C@@H](C)Oc1ccc(Cl)cc1Cl. The number of aliphatic hydroxyl groups excluding tert-OH is 1. The van der Waals surface area contributed by atoms with Crippen molar-refractivity contribution in [2.45, 2.75) is 26.1 Å². The summed E-state index contributed by atoms with van der Waals surface area (Å²) in [4.78, 5) is 11.6. The Bertz CT molecular complexity index is 424. The third kappa shape index (κ3) is 4.72. The van der Waals surface area contributed by atoms with Crippen molar-refractivity contribution >= 4 is 29.1 Å². The summed E-state index contributed by atoms with van der Waals surface area (Å²) in [5.41, 5.74) is 0. The minimum Gasteiger partial charge on any atom is -0.479 e. The molecule has 0 heterocycles. The zero-order valence-corrected chi connectivity index (χ0v) is 11.6. The van der Waals surface area contributed by atoms with E-state index in [1.165, 1.54) is 0 Å². The topological polar surface area (TPSA) is 58.6 Å². The fraction of sp³-hybridized carbons (Fsp3) is 0.417. The van der Waals surface area contributed by atoms with Crippen LogP contribution in [0, 0.1) is 0 Å². The summed E-state index contributed by atoms with van der Waals surface area (Å²) in [6, 6.07) is 4.77. The van der Waals surface area contributed by atoms with Gasteiger partial charge in [-0.15, -0.1) is 0 Å². The summed E-state index contributed by atoms with van der Waals surface area (Å²) in [5.74, 6) is 0.0719. The smallest absolute Gasteiger partial charge is 0.260 e. The van der Waals surface area contributed by atoms with E-state index in [9.17, 15) is 4.79 Å². The number of carbonyl (C=O) groups is 1. The van der Waals surface area contributed by atoms with Gasteiger partial charge < -0.3 is 15.2 Å². The zero-order valence-electron chi connectivity index (χ0n) is 10.1. The molecular formula is C12H15Cl2NO3. The van der Waals surface area contributed by atoms with Crippen LogP contribution in [-0.2, 0) is 4.79 Å². The Hall–Kier alpha value is -0.970. The van der Waals surface area contributed by atoms with Gasteiger partial charge in [0.15, 0.2) is 6.10 Å². The maximum atomic E-state index is 11.6. The average Bonchev–Trinajstić information content (AvgIpc) is 2.29. The lowest BCUT2D eigenvalue weighted by atomic mass is 10.3. The molecule has 1 rings (SSSR count). The first-order valence-corrected chi connectivity index (χ1v) is 6.23. The summed E-state index contributed by atoms with van der Waals surface area (Å²) in [6.07, 6.45) is -1.30. The van der Waals surface area contributed by atoms with E-state index in [0.29, 0.717) is 15.8 Å². The van der Waals surface area contributed by atoms with Crippen molar-refractivity contribution in [3.05, 3.63) is 28.2 Å². The van der Waals surface area contributed by atoms with E-state index >= 15 is 0 Å². The van der Waals surface area contributed by atoms with Crippen molar-refractivity contribution in [3.8, 4) is 5.75 Å². The number of nitrogens with one attached hydrogen (secondary N) is 1. The number of aliphatic hydroxyl groups is 1. The number of benzene rings is 1. The Morgan fingerprint density at radius 2 is 2.11 bits per heavy atom. The number of rotatable bonds is 5. The maximum Gasteiger partial charge on any atom is 0.260 e. The Kier molecular flexibility index (Phi) is 5.72. The van der Waals surface area contributed by atoms with Crippen molar-refractivity contribution in [2.24, 2.45) is 0 Å². The number of carbonyl (C=O) groups excluding carboxylic acids is 1. The van der Waals surface area contributed by atoms with E-state index in [-0.39, 0.29) is 12.5 Å². The predicted octanol–water partition coefficient (Wildman–Crippen LogP) is 2.26. The van der Waals surface area contributed by atoms with Crippen LogP contribution in [0.1, 0.15) is 13.8 Å². The first-order chi connectivity index (χ1) is 8.40. The first kappa shape index (κ1) is 15.1. The van der Waals surface area contributed by atoms with Crippen molar-refractivity contribution in [3.63, 3.8) is 0 Å². The predicted molar refractivity (Wildman–Crippen MR) is 71.2 cm³/mol. The lowest BCUT2D eigenvalue weighted by Crippen LogP contribution is -2.39. The minimum atomic E-state index is -0.706. The molecule has 0 unspecified atom stereocenters. The molecule has 100 valence electrons. The second-order valence-electron chi connectivity index (χ2n) is 3.93. The largest absolute Gasteiger partial charge is 0.479 e. The van der Waals surface area contributed by atoms with E-state index in [2.05, 4.69) is 5.32 Å². The molecule has 4 nitrogen and oxygen atoms in total. The molecule has 6 heteroatoms. The fourth-order valence-corrected chi connectivity index (χ4v) is 1.66. The van der Waals surface area contributed by atoms with Crippen LogP contribution in [0.4, 0.5) is 0 Å². The summed E-state index contributed by atoms with van der Waals surface area (Å²) >= 11 is 11.7. The minimum absolute atomic E-state index is 0.181. The number of ether oxygens (including phenoxy) is 1. The maximum absolute atomic E-state index is 11.6. The zero-order chi connectivity index (χ0) is 13.7.